The zero-order chi connectivity index (χ0) is 14.8. The highest BCUT2D eigenvalue weighted by molar-refractivity contribution is 7.09. The second-order valence-corrected chi connectivity index (χ2v) is 6.20. The van der Waals surface area contributed by atoms with Gasteiger partial charge in [-0.15, -0.1) is 11.3 Å². The van der Waals surface area contributed by atoms with Crippen LogP contribution in [0.3, 0.4) is 0 Å². The Morgan fingerprint density at radius 1 is 1.19 bits per heavy atom. The Morgan fingerprint density at radius 2 is 2.00 bits per heavy atom. The molecule has 4 nitrogen and oxygen atoms in total. The molecule has 5 heteroatoms. The fourth-order valence-corrected chi connectivity index (χ4v) is 3.24. The molecule has 0 fully saturated rings. The van der Waals surface area contributed by atoms with Crippen LogP contribution >= 0.6 is 11.3 Å². The predicted octanol–water partition coefficient (Wildman–Crippen LogP) is 3.34. The molecule has 108 valence electrons. The van der Waals surface area contributed by atoms with Crippen LogP contribution in [0.25, 0.3) is 10.9 Å². The Balaban J connectivity index is 1.95. The quantitative estimate of drug-likeness (QED) is 0.802. The lowest BCUT2D eigenvalue weighted by Gasteiger charge is -2.26. The van der Waals surface area contributed by atoms with Crippen molar-refractivity contribution in [1.82, 2.24) is 9.97 Å². The summed E-state index contributed by atoms with van der Waals surface area (Å²) >= 11 is 1.79. The van der Waals surface area contributed by atoms with Crippen LogP contribution in [0.5, 0.6) is 0 Å². The van der Waals surface area contributed by atoms with Crippen molar-refractivity contribution in [2.45, 2.75) is 19.4 Å². The van der Waals surface area contributed by atoms with Gasteiger partial charge in [-0.1, -0.05) is 18.2 Å². The first kappa shape index (κ1) is 13.8. The Labute approximate surface area is 128 Å². The number of nitrogens with two attached hydrogens (primary N) is 1. The van der Waals surface area contributed by atoms with Crippen molar-refractivity contribution in [2.75, 3.05) is 17.7 Å². The summed E-state index contributed by atoms with van der Waals surface area (Å²) in [5, 5.41) is 3.15. The summed E-state index contributed by atoms with van der Waals surface area (Å²) in [6.45, 7) is 2.20. The van der Waals surface area contributed by atoms with Gasteiger partial charge < -0.3 is 10.6 Å². The molecule has 1 unspecified atom stereocenters. The van der Waals surface area contributed by atoms with Gasteiger partial charge in [-0.3, -0.25) is 0 Å². The highest BCUT2D eigenvalue weighted by Gasteiger charge is 2.16. The van der Waals surface area contributed by atoms with Crippen molar-refractivity contribution in [3.8, 4) is 0 Å². The molecule has 0 aliphatic heterocycles. The lowest BCUT2D eigenvalue weighted by Crippen LogP contribution is -2.31. The lowest BCUT2D eigenvalue weighted by molar-refractivity contribution is 0.682. The summed E-state index contributed by atoms with van der Waals surface area (Å²) < 4.78 is 0. The minimum atomic E-state index is 0.318. The van der Waals surface area contributed by atoms with Gasteiger partial charge in [0.15, 0.2) is 0 Å². The maximum absolute atomic E-state index is 5.85. The minimum Gasteiger partial charge on any atom is -0.368 e. The molecule has 0 spiro atoms. The van der Waals surface area contributed by atoms with Gasteiger partial charge in [-0.05, 0) is 30.5 Å². The molecule has 0 aliphatic carbocycles. The van der Waals surface area contributed by atoms with E-state index in [0.29, 0.717) is 12.0 Å². The molecule has 2 heterocycles. The number of thiophene rings is 1. The van der Waals surface area contributed by atoms with E-state index in [-0.39, 0.29) is 0 Å². The number of anilines is 2. The fourth-order valence-electron chi connectivity index (χ4n) is 2.41. The van der Waals surface area contributed by atoms with E-state index in [4.69, 9.17) is 5.73 Å². The van der Waals surface area contributed by atoms with Gasteiger partial charge in [0.1, 0.15) is 5.82 Å². The number of hydrogen-bond acceptors (Lipinski definition) is 5. The second kappa shape index (κ2) is 5.69. The molecule has 0 aliphatic rings. The predicted molar refractivity (Wildman–Crippen MR) is 89.8 cm³/mol. The highest BCUT2D eigenvalue weighted by Crippen LogP contribution is 2.26. The summed E-state index contributed by atoms with van der Waals surface area (Å²) in [7, 11) is 2.06. The third-order valence-corrected chi connectivity index (χ3v) is 4.57. The largest absolute Gasteiger partial charge is 0.368 e. The van der Waals surface area contributed by atoms with E-state index in [1.54, 1.807) is 11.3 Å². The number of hydrogen-bond donors (Lipinski definition) is 1. The molecule has 2 N–H and O–H groups in total. The van der Waals surface area contributed by atoms with Crippen molar-refractivity contribution in [2.24, 2.45) is 0 Å². The lowest BCUT2D eigenvalue weighted by atomic mass is 10.1. The van der Waals surface area contributed by atoms with Crippen molar-refractivity contribution in [1.29, 1.82) is 0 Å². The molecule has 3 aromatic rings. The average Bonchev–Trinajstić information content (AvgIpc) is 2.98. The van der Waals surface area contributed by atoms with Crippen LogP contribution in [-0.2, 0) is 6.42 Å². The van der Waals surface area contributed by atoms with Gasteiger partial charge in [-0.2, -0.15) is 4.98 Å². The Bertz CT molecular complexity index is 739. The number of fused-ring (bicyclic) bond motifs is 1. The van der Waals surface area contributed by atoms with Crippen molar-refractivity contribution in [3.63, 3.8) is 0 Å². The average molecular weight is 298 g/mol. The molecule has 0 radical (unpaired) electrons. The van der Waals surface area contributed by atoms with Gasteiger partial charge in [-0.25, -0.2) is 4.98 Å². The smallest absolute Gasteiger partial charge is 0.222 e. The topological polar surface area (TPSA) is 55.0 Å². The molecular formula is C16H18N4S. The summed E-state index contributed by atoms with van der Waals surface area (Å²) in [6, 6.07) is 12.6. The van der Waals surface area contributed by atoms with Crippen LogP contribution in [0.1, 0.15) is 11.8 Å². The molecular weight excluding hydrogens is 280 g/mol. The van der Waals surface area contributed by atoms with Gasteiger partial charge in [0.2, 0.25) is 5.95 Å². The molecule has 0 bridgehead atoms. The normalized spacial score (nSPS) is 12.5. The van der Waals surface area contributed by atoms with E-state index in [0.717, 1.165) is 23.1 Å². The number of benzene rings is 1. The Hall–Kier alpha value is -2.14. The molecule has 0 saturated heterocycles. The number of likely N-dealkylation sites (N-methyl/N-ethyl adjacent to an activating group) is 1. The van der Waals surface area contributed by atoms with E-state index >= 15 is 0 Å². The number of aromatic nitrogens is 2. The van der Waals surface area contributed by atoms with Crippen LogP contribution in [-0.4, -0.2) is 23.1 Å². The van der Waals surface area contributed by atoms with Crippen LogP contribution in [0.4, 0.5) is 11.8 Å². The third-order valence-electron chi connectivity index (χ3n) is 3.67. The maximum Gasteiger partial charge on any atom is 0.222 e. The standard InChI is InChI=1S/C16H18N4S/c1-11(10-12-6-5-9-21-12)20(2)15-13-7-3-4-8-14(13)18-16(17)19-15/h3-9,11H,10H2,1-2H3,(H2,17,18,19). The third kappa shape index (κ3) is 2.83. The number of para-hydroxylation sites is 1. The number of nitrogens with zero attached hydrogens (tertiary/aromatic N) is 3. The van der Waals surface area contributed by atoms with Gasteiger partial charge in [0.05, 0.1) is 5.52 Å². The van der Waals surface area contributed by atoms with Crippen LogP contribution in [0, 0.1) is 0 Å². The van der Waals surface area contributed by atoms with Crippen molar-refractivity contribution >= 4 is 34.0 Å². The Morgan fingerprint density at radius 3 is 2.76 bits per heavy atom. The van der Waals surface area contributed by atoms with E-state index in [2.05, 4.69) is 46.4 Å². The van der Waals surface area contributed by atoms with Crippen LogP contribution in [0.15, 0.2) is 41.8 Å². The van der Waals surface area contributed by atoms with Crippen molar-refractivity contribution in [3.05, 3.63) is 46.7 Å². The number of rotatable bonds is 4. The maximum atomic E-state index is 5.85. The summed E-state index contributed by atoms with van der Waals surface area (Å²) in [4.78, 5) is 12.3. The molecule has 0 amide bonds. The van der Waals surface area contributed by atoms with E-state index in [9.17, 15) is 0 Å². The zero-order valence-electron chi connectivity index (χ0n) is 12.2. The summed E-state index contributed by atoms with van der Waals surface area (Å²) in [6.07, 6.45) is 0.992. The van der Waals surface area contributed by atoms with Crippen LogP contribution in [0.2, 0.25) is 0 Å². The second-order valence-electron chi connectivity index (χ2n) is 5.17. The first-order valence-corrected chi connectivity index (χ1v) is 7.80. The molecule has 2 aromatic heterocycles. The van der Waals surface area contributed by atoms with Gasteiger partial charge in [0.25, 0.3) is 0 Å². The van der Waals surface area contributed by atoms with E-state index < -0.39 is 0 Å². The number of nitrogen functional groups attached to an aromatic ring is 1. The fraction of sp³-hybridized carbons (Fsp3) is 0.250. The van der Waals surface area contributed by atoms with Crippen LogP contribution < -0.4 is 10.6 Å². The van der Waals surface area contributed by atoms with E-state index in [1.165, 1.54) is 4.88 Å². The molecule has 3 rings (SSSR count). The minimum absolute atomic E-state index is 0.318. The van der Waals surface area contributed by atoms with Gasteiger partial charge >= 0.3 is 0 Å². The zero-order valence-corrected chi connectivity index (χ0v) is 13.0. The molecule has 1 aromatic carbocycles. The molecule has 0 saturated carbocycles. The highest BCUT2D eigenvalue weighted by atomic mass is 32.1. The van der Waals surface area contributed by atoms with Gasteiger partial charge in [0, 0.05) is 29.8 Å². The van der Waals surface area contributed by atoms with E-state index in [1.807, 2.05) is 24.3 Å². The molecule has 1 atom stereocenters. The summed E-state index contributed by atoms with van der Waals surface area (Å²) in [5.41, 5.74) is 6.74. The Kier molecular flexibility index (Phi) is 3.75. The monoisotopic (exact) mass is 298 g/mol. The summed E-state index contributed by atoms with van der Waals surface area (Å²) in [5.74, 6) is 1.21. The molecule has 21 heavy (non-hydrogen) atoms. The first-order valence-electron chi connectivity index (χ1n) is 6.92. The van der Waals surface area contributed by atoms with Crippen molar-refractivity contribution < 1.29 is 0 Å². The first-order chi connectivity index (χ1) is 10.1. The SMILES string of the molecule is CC(Cc1cccs1)N(C)c1nc(N)nc2ccccc12.